The van der Waals surface area contributed by atoms with Crippen LogP contribution in [-0.2, 0) is 9.73 Å². The molecule has 11 heteroatoms. The van der Waals surface area contributed by atoms with Crippen molar-refractivity contribution in [2.24, 2.45) is 9.36 Å². The lowest BCUT2D eigenvalue weighted by Gasteiger charge is -2.38. The molecule has 5 nitrogen and oxygen atoms in total. The standard InChI is InChI=1S/C21H33BrF3N3O2SSi/c1-7-32(8-2,9-3)15-10-16(22)28-18(17(15)23)19-14(4)26-11-20(5,6)31(19,30)27-12-21(24,25)13-29/h10-11,14,19,29H,7-9,12-13H2,1-6H3/t14-,19?,31-/m1/s1. The Bertz CT molecular complexity index is 984. The summed E-state index contributed by atoms with van der Waals surface area (Å²) in [5.74, 6) is -4.04. The van der Waals surface area contributed by atoms with Crippen LogP contribution in [0.5, 0.6) is 0 Å². The van der Waals surface area contributed by atoms with Crippen molar-refractivity contribution in [2.75, 3.05) is 13.2 Å². The van der Waals surface area contributed by atoms with Crippen LogP contribution in [0.15, 0.2) is 20.0 Å². The number of hydrogen-bond donors (Lipinski definition) is 1. The summed E-state index contributed by atoms with van der Waals surface area (Å²) >= 11 is 3.39. The van der Waals surface area contributed by atoms with Crippen molar-refractivity contribution >= 4 is 45.1 Å². The average Bonchev–Trinajstić information content (AvgIpc) is 2.74. The molecule has 0 spiro atoms. The van der Waals surface area contributed by atoms with Gasteiger partial charge in [0.15, 0.2) is 0 Å². The predicted molar refractivity (Wildman–Crippen MR) is 131 cm³/mol. The van der Waals surface area contributed by atoms with Crippen molar-refractivity contribution in [3.63, 3.8) is 0 Å². The Hall–Kier alpha value is -0.783. The molecule has 0 amide bonds. The van der Waals surface area contributed by atoms with E-state index in [0.29, 0.717) is 9.79 Å². The zero-order valence-corrected chi connectivity index (χ0v) is 22.9. The van der Waals surface area contributed by atoms with Crippen LogP contribution in [0, 0.1) is 5.82 Å². The fourth-order valence-electron chi connectivity index (χ4n) is 4.32. The molecule has 0 radical (unpaired) electrons. The fraction of sp³-hybridized carbons (Fsp3) is 0.714. The van der Waals surface area contributed by atoms with Gasteiger partial charge in [0.05, 0.1) is 34.3 Å². The second kappa shape index (κ2) is 9.83. The number of rotatable bonds is 8. The topological polar surface area (TPSA) is 74.9 Å². The van der Waals surface area contributed by atoms with E-state index in [1.165, 1.54) is 6.21 Å². The van der Waals surface area contributed by atoms with E-state index < -0.39 is 58.7 Å². The van der Waals surface area contributed by atoms with E-state index in [-0.39, 0.29) is 5.69 Å². The largest absolute Gasteiger partial charge is 0.390 e. The number of alkyl halides is 2. The predicted octanol–water partition coefficient (Wildman–Crippen LogP) is 5.09. The highest BCUT2D eigenvalue weighted by atomic mass is 79.9. The van der Waals surface area contributed by atoms with Gasteiger partial charge in [0.1, 0.15) is 28.8 Å². The van der Waals surface area contributed by atoms with Crippen LogP contribution in [0.2, 0.25) is 18.1 Å². The molecule has 1 N–H and O–H groups in total. The second-order valence-corrected chi connectivity index (χ2v) is 17.9. The second-order valence-electron chi connectivity index (χ2n) is 8.95. The summed E-state index contributed by atoms with van der Waals surface area (Å²) in [5.41, 5.74) is -0.0416. The van der Waals surface area contributed by atoms with Gasteiger partial charge >= 0.3 is 0 Å². The molecule has 2 rings (SSSR count). The zero-order valence-electron chi connectivity index (χ0n) is 19.5. The third kappa shape index (κ3) is 4.86. The lowest BCUT2D eigenvalue weighted by atomic mass is 10.1. The number of aliphatic hydroxyl groups excluding tert-OH is 1. The molecule has 3 atom stereocenters. The Morgan fingerprint density at radius 2 is 1.84 bits per heavy atom. The van der Waals surface area contributed by atoms with Gasteiger partial charge in [-0.1, -0.05) is 38.9 Å². The maximum atomic E-state index is 16.1. The van der Waals surface area contributed by atoms with E-state index in [1.54, 1.807) is 26.8 Å². The summed E-state index contributed by atoms with van der Waals surface area (Å²) in [6, 6.07) is 3.53. The average molecular weight is 557 g/mol. The van der Waals surface area contributed by atoms with E-state index in [2.05, 4.69) is 51.0 Å². The first-order chi connectivity index (χ1) is 14.7. The molecule has 0 fully saturated rings. The molecule has 182 valence electrons. The summed E-state index contributed by atoms with van der Waals surface area (Å²) in [6.07, 6.45) is 1.46. The van der Waals surface area contributed by atoms with Crippen LogP contribution in [0.1, 0.15) is 52.5 Å². The SMILES string of the molecule is CC[Si](CC)(CC)c1cc(Br)nc(C2[C@@H](C)N=CC(C)(C)[S@@]2(=O)=NCC(F)(F)CO)c1F. The van der Waals surface area contributed by atoms with Crippen LogP contribution in [0.3, 0.4) is 0 Å². The first-order valence-corrected chi connectivity index (χ1v) is 15.8. The lowest BCUT2D eigenvalue weighted by Crippen LogP contribution is -2.50. The molecule has 1 aromatic rings. The Morgan fingerprint density at radius 3 is 2.34 bits per heavy atom. The molecular formula is C21H33BrF3N3O2SSi. The monoisotopic (exact) mass is 555 g/mol. The summed E-state index contributed by atoms with van der Waals surface area (Å²) in [4.78, 5) is 8.78. The van der Waals surface area contributed by atoms with Crippen molar-refractivity contribution in [3.8, 4) is 0 Å². The highest BCUT2D eigenvalue weighted by Crippen LogP contribution is 2.41. The maximum Gasteiger partial charge on any atom is 0.290 e. The molecule has 32 heavy (non-hydrogen) atoms. The smallest absolute Gasteiger partial charge is 0.290 e. The van der Waals surface area contributed by atoms with E-state index in [0.717, 1.165) is 18.1 Å². The highest BCUT2D eigenvalue weighted by molar-refractivity contribution is 9.10. The van der Waals surface area contributed by atoms with Gasteiger partial charge in [-0.05, 0) is 48.0 Å². The maximum absolute atomic E-state index is 16.1. The van der Waals surface area contributed by atoms with E-state index >= 15 is 4.39 Å². The van der Waals surface area contributed by atoms with E-state index in [4.69, 9.17) is 5.11 Å². The Kier molecular flexibility index (Phi) is 8.44. The van der Waals surface area contributed by atoms with Crippen LogP contribution in [0.25, 0.3) is 0 Å². The van der Waals surface area contributed by atoms with E-state index in [9.17, 15) is 13.0 Å². The third-order valence-electron chi connectivity index (χ3n) is 6.70. The van der Waals surface area contributed by atoms with Gasteiger partial charge in [-0.25, -0.2) is 26.7 Å². The number of aliphatic imine (C=N–C) groups is 1. The summed E-state index contributed by atoms with van der Waals surface area (Å²) in [6.45, 7) is 8.49. The van der Waals surface area contributed by atoms with Crippen LogP contribution in [0.4, 0.5) is 13.2 Å². The van der Waals surface area contributed by atoms with Crippen molar-refractivity contribution < 1.29 is 22.5 Å². The first kappa shape index (κ1) is 27.5. The van der Waals surface area contributed by atoms with Gasteiger partial charge in [0.25, 0.3) is 5.92 Å². The molecule has 0 saturated heterocycles. The lowest BCUT2D eigenvalue weighted by molar-refractivity contribution is -0.0401. The van der Waals surface area contributed by atoms with Crippen LogP contribution < -0.4 is 5.19 Å². The normalized spacial score (nSPS) is 25.7. The summed E-state index contributed by atoms with van der Waals surface area (Å²) in [7, 11) is -5.68. The Balaban J connectivity index is 2.85. The number of aromatic nitrogens is 1. The molecule has 1 aliphatic heterocycles. The van der Waals surface area contributed by atoms with Gasteiger partial charge in [-0.3, -0.25) is 4.99 Å². The molecule has 1 aromatic heterocycles. The van der Waals surface area contributed by atoms with Crippen molar-refractivity contribution in [3.05, 3.63) is 22.2 Å². The fourth-order valence-corrected chi connectivity index (χ4v) is 11.4. The minimum absolute atomic E-state index is 0.0416. The number of halogens is 4. The highest BCUT2D eigenvalue weighted by Gasteiger charge is 2.48. The number of hydrogen-bond acceptors (Lipinski definition) is 5. The quantitative estimate of drug-likeness (QED) is 0.358. The molecule has 1 unspecified atom stereocenters. The molecule has 2 heterocycles. The summed E-state index contributed by atoms with van der Waals surface area (Å²) < 4.78 is 61.4. The van der Waals surface area contributed by atoms with Gasteiger partial charge < -0.3 is 5.11 Å². The minimum atomic E-state index is -3.52. The molecular weight excluding hydrogens is 523 g/mol. The van der Waals surface area contributed by atoms with Crippen LogP contribution >= 0.6 is 15.9 Å². The van der Waals surface area contributed by atoms with Crippen molar-refractivity contribution in [2.45, 2.75) is 81.6 Å². The number of nitrogens with zero attached hydrogens (tertiary/aromatic N) is 3. The molecule has 0 bridgehead atoms. The molecule has 0 aromatic carbocycles. The van der Waals surface area contributed by atoms with Crippen molar-refractivity contribution in [1.29, 1.82) is 0 Å². The number of aliphatic hydroxyl groups is 1. The van der Waals surface area contributed by atoms with Gasteiger partial charge in [0.2, 0.25) is 0 Å². The van der Waals surface area contributed by atoms with Gasteiger partial charge in [-0.15, -0.1) is 0 Å². The minimum Gasteiger partial charge on any atom is -0.390 e. The molecule has 0 saturated carbocycles. The third-order valence-corrected chi connectivity index (χ3v) is 16.1. The van der Waals surface area contributed by atoms with Gasteiger partial charge in [0, 0.05) is 6.21 Å². The number of pyridine rings is 1. The molecule has 0 aliphatic carbocycles. The Morgan fingerprint density at radius 1 is 1.28 bits per heavy atom. The first-order valence-electron chi connectivity index (χ1n) is 10.8. The molecule has 1 aliphatic rings. The van der Waals surface area contributed by atoms with Crippen LogP contribution in [-0.4, -0.2) is 58.5 Å². The van der Waals surface area contributed by atoms with Crippen molar-refractivity contribution in [1.82, 2.24) is 4.98 Å². The Labute approximate surface area is 198 Å². The zero-order chi connectivity index (χ0) is 24.5. The van der Waals surface area contributed by atoms with E-state index in [1.807, 2.05) is 0 Å². The summed E-state index contributed by atoms with van der Waals surface area (Å²) in [5, 5.41) is 8.45. The van der Waals surface area contributed by atoms with Gasteiger partial charge in [-0.2, -0.15) is 0 Å².